The largest absolute Gasteiger partial charge is 0.449 e. The maximum Gasteiger partial charge on any atom is 0.407 e. The number of amides is 1. The van der Waals surface area contributed by atoms with Crippen LogP contribution in [-0.2, 0) is 4.74 Å². The summed E-state index contributed by atoms with van der Waals surface area (Å²) in [6.07, 6.45) is -2.69. The van der Waals surface area contributed by atoms with Crippen molar-refractivity contribution in [2.45, 2.75) is 24.5 Å². The fraction of sp³-hybridized carbons (Fsp3) is 0.188. The van der Waals surface area contributed by atoms with Gasteiger partial charge in [-0.3, -0.25) is 4.79 Å². The van der Waals surface area contributed by atoms with Gasteiger partial charge in [0.2, 0.25) is 0 Å². The molecule has 3 N–H and O–H groups in total. The first kappa shape index (κ1) is 25.4. The minimum absolute atomic E-state index is 0.0303. The highest BCUT2D eigenvalue weighted by Crippen LogP contribution is 2.44. The number of aliphatic hydroxyl groups excluding tert-OH is 2. The minimum atomic E-state index is -1.15. The van der Waals surface area contributed by atoms with Crippen LogP contribution in [0.4, 0.5) is 4.79 Å². The Morgan fingerprint density at radius 2 is 1.29 bits per heavy atom. The summed E-state index contributed by atoms with van der Waals surface area (Å²) in [5.41, 5.74) is 6.16. The van der Waals surface area contributed by atoms with Crippen LogP contribution in [0.3, 0.4) is 0 Å². The molecule has 0 spiro atoms. The predicted octanol–water partition coefficient (Wildman–Crippen LogP) is 5.24. The van der Waals surface area contributed by atoms with Crippen LogP contribution in [0.25, 0.3) is 11.1 Å². The maximum atomic E-state index is 12.6. The van der Waals surface area contributed by atoms with Crippen molar-refractivity contribution >= 4 is 11.9 Å². The molecule has 0 fully saturated rings. The van der Waals surface area contributed by atoms with Crippen LogP contribution >= 0.6 is 0 Å². The van der Waals surface area contributed by atoms with Gasteiger partial charge in [0.1, 0.15) is 12.7 Å². The third-order valence-electron chi connectivity index (χ3n) is 6.97. The van der Waals surface area contributed by atoms with Crippen molar-refractivity contribution in [3.63, 3.8) is 0 Å². The van der Waals surface area contributed by atoms with E-state index in [1.807, 2.05) is 30.3 Å². The summed E-state index contributed by atoms with van der Waals surface area (Å²) in [6.45, 7) is 0.346. The SMILES string of the molecule is O=C(NCCC(O)C(O)c1ccc(C(=O)c2ccccc2)cc1)OCC1c2ccccc2-c2ccccc21. The molecule has 192 valence electrons. The molecule has 4 aromatic rings. The number of hydrogen-bond acceptors (Lipinski definition) is 5. The quantitative estimate of drug-likeness (QED) is 0.269. The van der Waals surface area contributed by atoms with E-state index in [-0.39, 0.29) is 31.3 Å². The summed E-state index contributed by atoms with van der Waals surface area (Å²) in [7, 11) is 0. The molecule has 4 aromatic carbocycles. The normalized spacial score (nSPS) is 13.7. The maximum absolute atomic E-state index is 12.6. The number of ketones is 1. The third-order valence-corrected chi connectivity index (χ3v) is 6.97. The summed E-state index contributed by atoms with van der Waals surface area (Å²) in [6, 6.07) is 31.7. The molecule has 1 aliphatic rings. The Morgan fingerprint density at radius 1 is 0.737 bits per heavy atom. The molecule has 0 saturated carbocycles. The molecule has 2 atom stereocenters. The molecule has 38 heavy (non-hydrogen) atoms. The lowest BCUT2D eigenvalue weighted by Crippen LogP contribution is -2.30. The Balaban J connectivity index is 1.10. The van der Waals surface area contributed by atoms with E-state index >= 15 is 0 Å². The molecule has 0 aromatic heterocycles. The highest BCUT2D eigenvalue weighted by molar-refractivity contribution is 6.08. The van der Waals surface area contributed by atoms with Crippen LogP contribution in [0.2, 0.25) is 0 Å². The molecule has 0 bridgehead atoms. The van der Waals surface area contributed by atoms with E-state index in [9.17, 15) is 19.8 Å². The lowest BCUT2D eigenvalue weighted by Gasteiger charge is -2.19. The number of fused-ring (bicyclic) bond motifs is 3. The van der Waals surface area contributed by atoms with Gasteiger partial charge >= 0.3 is 6.09 Å². The summed E-state index contributed by atoms with van der Waals surface area (Å²) < 4.78 is 5.51. The van der Waals surface area contributed by atoms with E-state index in [1.165, 1.54) is 0 Å². The zero-order valence-electron chi connectivity index (χ0n) is 20.8. The molecule has 1 amide bonds. The zero-order valence-corrected chi connectivity index (χ0v) is 20.8. The van der Waals surface area contributed by atoms with E-state index in [0.717, 1.165) is 22.3 Å². The van der Waals surface area contributed by atoms with Crippen LogP contribution in [0.15, 0.2) is 103 Å². The smallest absolute Gasteiger partial charge is 0.407 e. The van der Waals surface area contributed by atoms with Crippen LogP contribution < -0.4 is 5.32 Å². The Bertz CT molecular complexity index is 1370. The molecule has 0 heterocycles. The summed E-state index contributed by atoms with van der Waals surface area (Å²) in [4.78, 5) is 24.9. The Hall–Kier alpha value is -4.26. The number of ether oxygens (including phenoxy) is 1. The van der Waals surface area contributed by atoms with E-state index in [0.29, 0.717) is 16.7 Å². The standard InChI is InChI=1S/C32H29NO5/c34-29(31(36)23-16-14-22(15-17-23)30(35)21-8-2-1-3-9-21)18-19-33-32(37)38-20-28-26-12-6-4-10-24(26)25-11-5-7-13-27(25)28/h1-17,28-29,31,34,36H,18-20H2,(H,33,37). The second kappa shape index (κ2) is 11.4. The topological polar surface area (TPSA) is 95.9 Å². The number of aliphatic hydroxyl groups is 2. The van der Waals surface area contributed by atoms with Crippen molar-refractivity contribution in [3.05, 3.63) is 131 Å². The minimum Gasteiger partial charge on any atom is -0.449 e. The van der Waals surface area contributed by atoms with Gasteiger partial charge < -0.3 is 20.3 Å². The van der Waals surface area contributed by atoms with E-state index in [4.69, 9.17) is 4.74 Å². The zero-order chi connectivity index (χ0) is 26.5. The second-order valence-corrected chi connectivity index (χ2v) is 9.37. The van der Waals surface area contributed by atoms with Crippen molar-refractivity contribution in [1.82, 2.24) is 5.32 Å². The van der Waals surface area contributed by atoms with Crippen LogP contribution in [0, 0.1) is 0 Å². The molecule has 0 radical (unpaired) electrons. The van der Waals surface area contributed by atoms with Gasteiger partial charge in [-0.25, -0.2) is 4.79 Å². The molecular formula is C32H29NO5. The molecule has 0 saturated heterocycles. The number of hydrogen-bond donors (Lipinski definition) is 3. The average Bonchev–Trinajstić information content (AvgIpc) is 3.29. The first-order valence-corrected chi connectivity index (χ1v) is 12.7. The molecule has 5 rings (SSSR count). The van der Waals surface area contributed by atoms with Gasteiger partial charge in [-0.15, -0.1) is 0 Å². The van der Waals surface area contributed by atoms with E-state index in [1.54, 1.807) is 48.5 Å². The molecule has 1 aliphatic carbocycles. The number of nitrogens with one attached hydrogen (secondary N) is 1. The lowest BCUT2D eigenvalue weighted by atomic mass is 9.98. The number of carbonyl (C=O) groups excluding carboxylic acids is 2. The van der Waals surface area contributed by atoms with Gasteiger partial charge in [-0.2, -0.15) is 0 Å². The third kappa shape index (κ3) is 5.37. The van der Waals surface area contributed by atoms with Crippen molar-refractivity contribution < 1.29 is 24.5 Å². The van der Waals surface area contributed by atoms with Gasteiger partial charge in [0.25, 0.3) is 0 Å². The molecule has 0 aliphatic heterocycles. The first-order chi connectivity index (χ1) is 18.5. The predicted molar refractivity (Wildman–Crippen MR) is 145 cm³/mol. The summed E-state index contributed by atoms with van der Waals surface area (Å²) >= 11 is 0. The highest BCUT2D eigenvalue weighted by atomic mass is 16.5. The Labute approximate surface area is 221 Å². The van der Waals surface area contributed by atoms with Crippen LogP contribution in [-0.4, -0.2) is 41.3 Å². The molecule has 6 nitrogen and oxygen atoms in total. The monoisotopic (exact) mass is 507 g/mol. The average molecular weight is 508 g/mol. The Morgan fingerprint density at radius 3 is 1.92 bits per heavy atom. The molecular weight excluding hydrogens is 478 g/mol. The van der Waals surface area contributed by atoms with Gasteiger partial charge in [-0.05, 0) is 34.2 Å². The summed E-state index contributed by atoms with van der Waals surface area (Å²) in [5, 5.41) is 23.7. The number of alkyl carbamates (subject to hydrolysis) is 1. The number of carbonyl (C=O) groups is 2. The fourth-order valence-corrected chi connectivity index (χ4v) is 4.94. The van der Waals surface area contributed by atoms with Crippen LogP contribution in [0.1, 0.15) is 51.1 Å². The van der Waals surface area contributed by atoms with Crippen molar-refractivity contribution in [2.24, 2.45) is 0 Å². The number of benzene rings is 4. The fourth-order valence-electron chi connectivity index (χ4n) is 4.94. The highest BCUT2D eigenvalue weighted by Gasteiger charge is 2.29. The first-order valence-electron chi connectivity index (χ1n) is 12.7. The van der Waals surface area contributed by atoms with Gasteiger partial charge in [0.05, 0.1) is 6.10 Å². The second-order valence-electron chi connectivity index (χ2n) is 9.37. The van der Waals surface area contributed by atoms with E-state index in [2.05, 4.69) is 29.6 Å². The van der Waals surface area contributed by atoms with Gasteiger partial charge in [0.15, 0.2) is 5.78 Å². The van der Waals surface area contributed by atoms with Crippen molar-refractivity contribution in [1.29, 1.82) is 0 Å². The number of rotatable bonds is 9. The summed E-state index contributed by atoms with van der Waals surface area (Å²) in [5.74, 6) is -0.142. The van der Waals surface area contributed by atoms with Crippen molar-refractivity contribution in [2.75, 3.05) is 13.2 Å². The van der Waals surface area contributed by atoms with Gasteiger partial charge in [-0.1, -0.05) is 103 Å². The molecule has 6 heteroatoms. The van der Waals surface area contributed by atoms with Gasteiger partial charge in [0, 0.05) is 23.6 Å². The van der Waals surface area contributed by atoms with Crippen molar-refractivity contribution in [3.8, 4) is 11.1 Å². The lowest BCUT2D eigenvalue weighted by molar-refractivity contribution is 0.0136. The van der Waals surface area contributed by atoms with E-state index < -0.39 is 18.3 Å². The molecule has 2 unspecified atom stereocenters. The Kier molecular flexibility index (Phi) is 7.63. The van der Waals surface area contributed by atoms with Crippen LogP contribution in [0.5, 0.6) is 0 Å².